The molecule has 0 unspecified atom stereocenters. The molecule has 0 saturated carbocycles. The number of aryl methyl sites for hydroxylation is 1. The first kappa shape index (κ1) is 21.6. The van der Waals surface area contributed by atoms with E-state index >= 15 is 0 Å². The standard InChI is InChI=1S/C25H28N4O3/c1-3-22(30)28-14-11-25(12-15-28,19-7-5-4-6-8-19)23(31)27-20-10-9-18(2)21(17-20)29-16-13-26-24(29)32/h3-10,17H,1,11-16H2,2H3,(H,26,32)(H,27,31). The molecule has 4 rings (SSSR count). The van der Waals surface area contributed by atoms with Crippen LogP contribution in [0.3, 0.4) is 0 Å². The number of carbonyl (C=O) groups excluding carboxylic acids is 3. The molecule has 0 bridgehead atoms. The van der Waals surface area contributed by atoms with Crippen molar-refractivity contribution in [2.75, 3.05) is 36.4 Å². The molecule has 166 valence electrons. The molecular weight excluding hydrogens is 404 g/mol. The molecule has 7 heteroatoms. The summed E-state index contributed by atoms with van der Waals surface area (Å²) in [7, 11) is 0. The summed E-state index contributed by atoms with van der Waals surface area (Å²) in [4.78, 5) is 41.3. The van der Waals surface area contributed by atoms with Gasteiger partial charge in [0, 0.05) is 31.9 Å². The molecule has 0 aliphatic carbocycles. The molecule has 0 radical (unpaired) electrons. The van der Waals surface area contributed by atoms with Crippen molar-refractivity contribution in [1.29, 1.82) is 0 Å². The van der Waals surface area contributed by atoms with Crippen molar-refractivity contribution in [3.05, 3.63) is 72.3 Å². The van der Waals surface area contributed by atoms with Crippen molar-refractivity contribution in [2.24, 2.45) is 0 Å². The lowest BCUT2D eigenvalue weighted by Crippen LogP contribution is -2.50. The number of amides is 4. The molecule has 2 aromatic carbocycles. The van der Waals surface area contributed by atoms with E-state index < -0.39 is 5.41 Å². The molecule has 2 aromatic rings. The van der Waals surface area contributed by atoms with Gasteiger partial charge in [0.2, 0.25) is 11.8 Å². The molecule has 2 aliphatic heterocycles. The minimum Gasteiger partial charge on any atom is -0.339 e. The second kappa shape index (κ2) is 8.86. The second-order valence-electron chi connectivity index (χ2n) is 8.32. The number of piperidine rings is 1. The Morgan fingerprint density at radius 3 is 2.44 bits per heavy atom. The first-order valence-electron chi connectivity index (χ1n) is 10.9. The molecular formula is C25H28N4O3. The predicted molar refractivity (Wildman–Crippen MR) is 125 cm³/mol. The van der Waals surface area contributed by atoms with E-state index in [1.54, 1.807) is 9.80 Å². The summed E-state index contributed by atoms with van der Waals surface area (Å²) in [6, 6.07) is 15.2. The van der Waals surface area contributed by atoms with Gasteiger partial charge in [0.05, 0.1) is 11.1 Å². The van der Waals surface area contributed by atoms with E-state index in [1.807, 2.05) is 55.5 Å². The largest absolute Gasteiger partial charge is 0.339 e. The zero-order valence-corrected chi connectivity index (χ0v) is 18.3. The van der Waals surface area contributed by atoms with Crippen molar-refractivity contribution in [3.63, 3.8) is 0 Å². The lowest BCUT2D eigenvalue weighted by molar-refractivity contribution is -0.131. The van der Waals surface area contributed by atoms with E-state index in [0.717, 1.165) is 16.8 Å². The summed E-state index contributed by atoms with van der Waals surface area (Å²) in [6.07, 6.45) is 2.36. The molecule has 2 saturated heterocycles. The number of carbonyl (C=O) groups is 3. The fourth-order valence-corrected chi connectivity index (χ4v) is 4.57. The first-order valence-corrected chi connectivity index (χ1v) is 10.9. The average Bonchev–Trinajstić information content (AvgIpc) is 3.26. The normalized spacial score (nSPS) is 17.6. The topological polar surface area (TPSA) is 81.8 Å². The van der Waals surface area contributed by atoms with Crippen LogP contribution < -0.4 is 15.5 Å². The number of rotatable bonds is 5. The van der Waals surface area contributed by atoms with Crippen molar-refractivity contribution in [2.45, 2.75) is 25.2 Å². The van der Waals surface area contributed by atoms with Crippen molar-refractivity contribution in [3.8, 4) is 0 Å². The fraction of sp³-hybridized carbons (Fsp3) is 0.320. The van der Waals surface area contributed by atoms with E-state index in [9.17, 15) is 14.4 Å². The van der Waals surface area contributed by atoms with Gasteiger partial charge in [0.25, 0.3) is 0 Å². The number of urea groups is 1. The Labute approximate surface area is 188 Å². The molecule has 2 heterocycles. The molecule has 2 aliphatic rings. The smallest absolute Gasteiger partial charge is 0.322 e. The Balaban J connectivity index is 1.61. The van der Waals surface area contributed by atoms with Crippen LogP contribution in [0.2, 0.25) is 0 Å². The van der Waals surface area contributed by atoms with Crippen LogP contribution in [0.15, 0.2) is 61.2 Å². The average molecular weight is 433 g/mol. The number of anilines is 2. The zero-order valence-electron chi connectivity index (χ0n) is 18.3. The van der Waals surface area contributed by atoms with Crippen LogP contribution in [0, 0.1) is 6.92 Å². The minimum atomic E-state index is -0.741. The first-order chi connectivity index (χ1) is 15.4. The maximum atomic E-state index is 13.7. The number of nitrogens with one attached hydrogen (secondary N) is 2. The van der Waals surface area contributed by atoms with Crippen LogP contribution in [-0.2, 0) is 15.0 Å². The van der Waals surface area contributed by atoms with Gasteiger partial charge in [-0.2, -0.15) is 0 Å². The molecule has 2 fully saturated rings. The summed E-state index contributed by atoms with van der Waals surface area (Å²) in [6.45, 7) is 7.69. The van der Waals surface area contributed by atoms with Crippen LogP contribution in [0.25, 0.3) is 0 Å². The Morgan fingerprint density at radius 1 is 1.09 bits per heavy atom. The molecule has 0 spiro atoms. The molecule has 4 amide bonds. The third kappa shape index (κ3) is 3.98. The number of nitrogens with zero attached hydrogens (tertiary/aromatic N) is 2. The van der Waals surface area contributed by atoms with Gasteiger partial charge in [-0.25, -0.2) is 4.79 Å². The number of hydrogen-bond acceptors (Lipinski definition) is 3. The van der Waals surface area contributed by atoms with Gasteiger partial charge < -0.3 is 15.5 Å². The summed E-state index contributed by atoms with van der Waals surface area (Å²) < 4.78 is 0. The van der Waals surface area contributed by atoms with Crippen LogP contribution in [-0.4, -0.2) is 48.9 Å². The van der Waals surface area contributed by atoms with Crippen LogP contribution >= 0.6 is 0 Å². The minimum absolute atomic E-state index is 0.102. The van der Waals surface area contributed by atoms with Crippen LogP contribution in [0.4, 0.5) is 16.2 Å². The van der Waals surface area contributed by atoms with E-state index in [-0.39, 0.29) is 17.8 Å². The molecule has 0 aromatic heterocycles. The van der Waals surface area contributed by atoms with Crippen molar-refractivity contribution < 1.29 is 14.4 Å². The summed E-state index contributed by atoms with van der Waals surface area (Å²) in [5.74, 6) is -0.214. The van der Waals surface area contributed by atoms with Gasteiger partial charge in [0.1, 0.15) is 0 Å². The summed E-state index contributed by atoms with van der Waals surface area (Å²) in [5, 5.41) is 5.91. The maximum absolute atomic E-state index is 13.7. The van der Waals surface area contributed by atoms with E-state index in [2.05, 4.69) is 17.2 Å². The van der Waals surface area contributed by atoms with Crippen molar-refractivity contribution >= 4 is 29.2 Å². The van der Waals surface area contributed by atoms with Crippen molar-refractivity contribution in [1.82, 2.24) is 10.2 Å². The lowest BCUT2D eigenvalue weighted by Gasteiger charge is -2.40. The number of hydrogen-bond donors (Lipinski definition) is 2. The highest BCUT2D eigenvalue weighted by atomic mass is 16.2. The Bertz CT molecular complexity index is 1040. The van der Waals surface area contributed by atoms with Gasteiger partial charge >= 0.3 is 6.03 Å². The SMILES string of the molecule is C=CC(=O)N1CCC(C(=O)Nc2ccc(C)c(N3CCNC3=O)c2)(c2ccccc2)CC1. The van der Waals surface area contributed by atoms with Crippen LogP contribution in [0.1, 0.15) is 24.0 Å². The quantitative estimate of drug-likeness (QED) is 0.712. The molecule has 0 atom stereocenters. The van der Waals surface area contributed by atoms with Gasteiger partial charge in [0.15, 0.2) is 0 Å². The lowest BCUT2D eigenvalue weighted by atomic mass is 9.72. The van der Waals surface area contributed by atoms with Gasteiger partial charge in [-0.3, -0.25) is 14.5 Å². The van der Waals surface area contributed by atoms with E-state index in [4.69, 9.17) is 0 Å². The van der Waals surface area contributed by atoms with E-state index in [0.29, 0.717) is 44.7 Å². The predicted octanol–water partition coefficient (Wildman–Crippen LogP) is 3.21. The Morgan fingerprint density at radius 2 is 1.81 bits per heavy atom. The third-order valence-corrected chi connectivity index (χ3v) is 6.48. The second-order valence-corrected chi connectivity index (χ2v) is 8.32. The maximum Gasteiger partial charge on any atom is 0.322 e. The third-order valence-electron chi connectivity index (χ3n) is 6.48. The summed E-state index contributed by atoms with van der Waals surface area (Å²) in [5.41, 5.74) is 2.60. The van der Waals surface area contributed by atoms with Gasteiger partial charge in [-0.05, 0) is 49.1 Å². The number of likely N-dealkylation sites (tertiary alicyclic amines) is 1. The Kier molecular flexibility index (Phi) is 5.99. The fourth-order valence-electron chi connectivity index (χ4n) is 4.57. The van der Waals surface area contributed by atoms with Gasteiger partial charge in [-0.15, -0.1) is 0 Å². The summed E-state index contributed by atoms with van der Waals surface area (Å²) >= 11 is 0. The molecule has 2 N–H and O–H groups in total. The monoisotopic (exact) mass is 432 g/mol. The number of benzene rings is 2. The Hall–Kier alpha value is -3.61. The molecule has 32 heavy (non-hydrogen) atoms. The highest BCUT2D eigenvalue weighted by Gasteiger charge is 2.43. The zero-order chi connectivity index (χ0) is 22.7. The molecule has 7 nitrogen and oxygen atoms in total. The van der Waals surface area contributed by atoms with E-state index in [1.165, 1.54) is 6.08 Å². The van der Waals surface area contributed by atoms with Gasteiger partial charge in [-0.1, -0.05) is 43.0 Å². The highest BCUT2D eigenvalue weighted by molar-refractivity contribution is 6.01. The van der Waals surface area contributed by atoms with Crippen LogP contribution in [0.5, 0.6) is 0 Å². The highest BCUT2D eigenvalue weighted by Crippen LogP contribution is 2.37.